The van der Waals surface area contributed by atoms with Gasteiger partial charge in [0.2, 0.25) is 0 Å². The molecule has 0 atom stereocenters. The summed E-state index contributed by atoms with van der Waals surface area (Å²) in [6.07, 6.45) is 7.38. The lowest BCUT2D eigenvalue weighted by molar-refractivity contribution is 0.0966. The lowest BCUT2D eigenvalue weighted by Crippen LogP contribution is -2.30. The van der Waals surface area contributed by atoms with E-state index in [1.807, 2.05) is 6.07 Å². The molecule has 1 aliphatic heterocycles. The molecular formula is C25H29N3O5S. The summed E-state index contributed by atoms with van der Waals surface area (Å²) in [5.41, 5.74) is 4.43. The van der Waals surface area contributed by atoms with Gasteiger partial charge in [0, 0.05) is 46.9 Å². The standard InChI is InChI=1S/C25H29N3O5S/c1-32-22-12-18(23-19(14-27-25(23)29)24(22)33-34(2,30)31)21-11-16-10-15(8-9-20(16)28-21)13-26-17-6-4-3-5-7-17/h8-12,17,26,28H,3-7,13-14H2,1-2H3,(H,27,29). The van der Waals surface area contributed by atoms with Gasteiger partial charge < -0.3 is 24.5 Å². The number of carbonyl (C=O) groups excluding carboxylic acids is 1. The Kier molecular flexibility index (Phi) is 5.99. The van der Waals surface area contributed by atoms with E-state index < -0.39 is 10.1 Å². The molecule has 2 heterocycles. The summed E-state index contributed by atoms with van der Waals surface area (Å²) < 4.78 is 34.3. The Balaban J connectivity index is 1.50. The van der Waals surface area contributed by atoms with Gasteiger partial charge in [-0.1, -0.05) is 25.3 Å². The molecule has 1 aliphatic carbocycles. The van der Waals surface area contributed by atoms with Gasteiger partial charge in [0.05, 0.1) is 18.9 Å². The van der Waals surface area contributed by atoms with Crippen molar-refractivity contribution in [2.45, 2.75) is 51.2 Å². The molecule has 1 aromatic heterocycles. The van der Waals surface area contributed by atoms with Crippen LogP contribution < -0.4 is 19.6 Å². The fourth-order valence-corrected chi connectivity index (χ4v) is 5.48. The highest BCUT2D eigenvalue weighted by Crippen LogP contribution is 2.43. The first-order valence-electron chi connectivity index (χ1n) is 11.6. The minimum atomic E-state index is -3.80. The van der Waals surface area contributed by atoms with Crippen molar-refractivity contribution >= 4 is 26.9 Å². The van der Waals surface area contributed by atoms with E-state index in [4.69, 9.17) is 8.92 Å². The van der Waals surface area contributed by atoms with Crippen molar-refractivity contribution in [1.82, 2.24) is 15.6 Å². The Bertz CT molecular complexity index is 1360. The van der Waals surface area contributed by atoms with Crippen LogP contribution in [0.15, 0.2) is 30.3 Å². The number of fused-ring (bicyclic) bond motifs is 2. The summed E-state index contributed by atoms with van der Waals surface area (Å²) in [4.78, 5) is 16.1. The molecule has 1 fully saturated rings. The minimum Gasteiger partial charge on any atom is -0.493 e. The fourth-order valence-electron chi connectivity index (χ4n) is 4.99. The molecule has 180 valence electrons. The second-order valence-electron chi connectivity index (χ2n) is 9.10. The molecule has 1 amide bonds. The van der Waals surface area contributed by atoms with Crippen molar-refractivity contribution in [2.24, 2.45) is 0 Å². The first-order chi connectivity index (χ1) is 16.3. The Morgan fingerprint density at radius 1 is 1.12 bits per heavy atom. The van der Waals surface area contributed by atoms with E-state index in [-0.39, 0.29) is 24.0 Å². The number of H-pyrrole nitrogens is 1. The zero-order valence-corrected chi connectivity index (χ0v) is 20.2. The number of nitrogens with one attached hydrogen (secondary N) is 3. The molecule has 1 saturated carbocycles. The third-order valence-electron chi connectivity index (χ3n) is 6.63. The molecule has 2 aromatic carbocycles. The van der Waals surface area contributed by atoms with E-state index >= 15 is 0 Å². The van der Waals surface area contributed by atoms with Crippen LogP contribution in [0, 0.1) is 0 Å². The first-order valence-corrected chi connectivity index (χ1v) is 13.4. The van der Waals surface area contributed by atoms with Gasteiger partial charge in [-0.2, -0.15) is 8.42 Å². The van der Waals surface area contributed by atoms with E-state index in [1.165, 1.54) is 44.8 Å². The molecule has 8 nitrogen and oxygen atoms in total. The molecule has 5 rings (SSSR count). The molecule has 0 saturated heterocycles. The largest absolute Gasteiger partial charge is 0.493 e. The van der Waals surface area contributed by atoms with E-state index in [0.717, 1.165) is 29.4 Å². The van der Waals surface area contributed by atoms with Crippen molar-refractivity contribution in [3.05, 3.63) is 47.0 Å². The summed E-state index contributed by atoms with van der Waals surface area (Å²) in [6, 6.07) is 10.6. The smallest absolute Gasteiger partial charge is 0.306 e. The van der Waals surface area contributed by atoms with Gasteiger partial charge in [-0.05, 0) is 42.7 Å². The molecule has 9 heteroatoms. The van der Waals surface area contributed by atoms with Crippen LogP contribution in [0.3, 0.4) is 0 Å². The van der Waals surface area contributed by atoms with Gasteiger partial charge in [0.15, 0.2) is 11.5 Å². The van der Waals surface area contributed by atoms with Crippen LogP contribution in [0.1, 0.15) is 53.6 Å². The van der Waals surface area contributed by atoms with Crippen molar-refractivity contribution in [2.75, 3.05) is 13.4 Å². The summed E-state index contributed by atoms with van der Waals surface area (Å²) in [7, 11) is -2.35. The highest BCUT2D eigenvalue weighted by atomic mass is 32.2. The zero-order chi connectivity index (χ0) is 23.9. The lowest BCUT2D eigenvalue weighted by Gasteiger charge is -2.22. The van der Waals surface area contributed by atoms with Crippen LogP contribution in [0.25, 0.3) is 22.2 Å². The summed E-state index contributed by atoms with van der Waals surface area (Å²) in [5, 5.41) is 7.49. The topological polar surface area (TPSA) is 110 Å². The molecule has 0 spiro atoms. The molecule has 3 N–H and O–H groups in total. The number of methoxy groups -OCH3 is 1. The molecule has 0 unspecified atom stereocenters. The van der Waals surface area contributed by atoms with Crippen LogP contribution in [0.2, 0.25) is 0 Å². The van der Waals surface area contributed by atoms with Crippen LogP contribution in [-0.4, -0.2) is 38.7 Å². The number of hydrogen-bond donors (Lipinski definition) is 3. The Labute approximate surface area is 199 Å². The van der Waals surface area contributed by atoms with Gasteiger partial charge in [-0.3, -0.25) is 4.79 Å². The Morgan fingerprint density at radius 2 is 1.91 bits per heavy atom. The second kappa shape index (κ2) is 8.96. The van der Waals surface area contributed by atoms with Gasteiger partial charge in [0.1, 0.15) is 0 Å². The van der Waals surface area contributed by atoms with Gasteiger partial charge in [-0.15, -0.1) is 0 Å². The third-order valence-corrected chi connectivity index (χ3v) is 7.10. The second-order valence-corrected chi connectivity index (χ2v) is 10.7. The van der Waals surface area contributed by atoms with Crippen molar-refractivity contribution in [3.63, 3.8) is 0 Å². The number of carbonyl (C=O) groups is 1. The van der Waals surface area contributed by atoms with Crippen molar-refractivity contribution in [3.8, 4) is 22.8 Å². The van der Waals surface area contributed by atoms with Gasteiger partial charge in [-0.25, -0.2) is 0 Å². The summed E-state index contributed by atoms with van der Waals surface area (Å²) in [5.74, 6) is 0.0306. The molecule has 0 radical (unpaired) electrons. The molecule has 3 aromatic rings. The molecule has 2 aliphatic rings. The molecule has 34 heavy (non-hydrogen) atoms. The highest BCUT2D eigenvalue weighted by Gasteiger charge is 2.32. The maximum absolute atomic E-state index is 12.7. The van der Waals surface area contributed by atoms with Crippen LogP contribution >= 0.6 is 0 Å². The van der Waals surface area contributed by atoms with E-state index in [1.54, 1.807) is 6.07 Å². The molecule has 0 bridgehead atoms. The maximum atomic E-state index is 12.7. The number of amides is 1. The summed E-state index contributed by atoms with van der Waals surface area (Å²) in [6.45, 7) is 0.991. The fraction of sp³-hybridized carbons (Fsp3) is 0.400. The normalized spacial score (nSPS) is 16.5. The van der Waals surface area contributed by atoms with Crippen molar-refractivity contribution < 1.29 is 22.1 Å². The van der Waals surface area contributed by atoms with Gasteiger partial charge in [0.25, 0.3) is 5.91 Å². The average Bonchev–Trinajstić information content (AvgIpc) is 3.41. The number of rotatable bonds is 7. The highest BCUT2D eigenvalue weighted by molar-refractivity contribution is 7.86. The van der Waals surface area contributed by atoms with Crippen molar-refractivity contribution in [1.29, 1.82) is 0 Å². The number of hydrogen-bond acceptors (Lipinski definition) is 6. The van der Waals surface area contributed by atoms with Gasteiger partial charge >= 0.3 is 10.1 Å². The van der Waals surface area contributed by atoms with E-state index in [9.17, 15) is 13.2 Å². The third kappa shape index (κ3) is 4.50. The number of aromatic nitrogens is 1. The molecular weight excluding hydrogens is 454 g/mol. The van der Waals surface area contributed by atoms with Crippen LogP contribution in [0.5, 0.6) is 11.5 Å². The number of aromatic amines is 1. The van der Waals surface area contributed by atoms with Crippen LogP contribution in [-0.2, 0) is 23.2 Å². The van der Waals surface area contributed by atoms with Crippen LogP contribution in [0.4, 0.5) is 0 Å². The minimum absolute atomic E-state index is 0.0503. The maximum Gasteiger partial charge on any atom is 0.306 e. The van der Waals surface area contributed by atoms with E-state index in [2.05, 4.69) is 33.8 Å². The Hall–Kier alpha value is -3.04. The predicted molar refractivity (Wildman–Crippen MR) is 131 cm³/mol. The average molecular weight is 484 g/mol. The number of benzene rings is 2. The Morgan fingerprint density at radius 3 is 2.65 bits per heavy atom. The number of ether oxygens (including phenoxy) is 1. The first kappa shape index (κ1) is 22.7. The lowest BCUT2D eigenvalue weighted by atomic mass is 9.95. The predicted octanol–water partition coefficient (Wildman–Crippen LogP) is 3.85. The summed E-state index contributed by atoms with van der Waals surface area (Å²) >= 11 is 0. The monoisotopic (exact) mass is 483 g/mol. The zero-order valence-electron chi connectivity index (χ0n) is 19.4. The van der Waals surface area contributed by atoms with E-state index in [0.29, 0.717) is 22.7 Å². The quantitative estimate of drug-likeness (QED) is 0.441. The SMILES string of the molecule is COc1cc(-c2cc3cc(CNC4CCCCC4)ccc3[nH]2)c2c(c1OS(C)(=O)=O)CNC2=O.